The number of benzene rings is 6. The summed E-state index contributed by atoms with van der Waals surface area (Å²) in [7, 11) is -8.17. The number of alkyl halides is 3. The van der Waals surface area contributed by atoms with Crippen molar-refractivity contribution >= 4 is 119 Å². The molecule has 0 N–H and O–H groups in total. The SMILES string of the molecule is COc1ccc(OC)c(S(=O)(=O)N2CCC(N3C(=O)OCc4cc(Br)ccc43)CC2)c1.O=C1OCc2cc(Br)ccc2N1C1CCN(S(=O)(=O)Cc2ccccc2)CC1.O=C1OCc2cc(Br)ccc2N1C1CCN(S(=O)(=O)c2ccc3c(c2)CN(C(=O)C(F)(F)F)CC3)CC1. The Kier molecular flexibility index (Phi) is 21.5. The molecule has 0 bridgehead atoms. The van der Waals surface area contributed by atoms with Gasteiger partial charge in [-0.05, 0) is 140 Å². The molecule has 4 amide bonds. The second-order valence-corrected chi connectivity index (χ2v) is 32.2. The van der Waals surface area contributed by atoms with Crippen LogP contribution in [0.1, 0.15) is 71.9 Å². The number of piperidine rings is 3. The highest BCUT2D eigenvalue weighted by Gasteiger charge is 2.45. The van der Waals surface area contributed by atoms with Crippen LogP contribution in [-0.4, -0.2) is 152 Å². The van der Waals surface area contributed by atoms with Crippen LogP contribution in [0.2, 0.25) is 0 Å². The summed E-state index contributed by atoms with van der Waals surface area (Å²) in [6.07, 6.45) is -3.06. The van der Waals surface area contributed by atoms with E-state index in [4.69, 9.17) is 23.7 Å². The molecule has 13 rings (SSSR count). The molecular formula is C65H67Br3F3N7O15S3. The molecule has 0 aliphatic carbocycles. The molecule has 96 heavy (non-hydrogen) atoms. The van der Waals surface area contributed by atoms with E-state index in [1.807, 2.05) is 84.9 Å². The molecule has 0 aromatic heterocycles. The van der Waals surface area contributed by atoms with Crippen LogP contribution in [-0.2, 0) is 87.6 Å². The zero-order valence-corrected chi connectivity index (χ0v) is 59.2. The number of hydrogen-bond donors (Lipinski definition) is 0. The minimum absolute atomic E-state index is 0.00111. The van der Waals surface area contributed by atoms with E-state index in [1.165, 1.54) is 45.3 Å². The summed E-state index contributed by atoms with van der Waals surface area (Å²) in [4.78, 5) is 54.9. The number of ether oxygens (including phenoxy) is 5. The molecule has 7 aliphatic heterocycles. The lowest BCUT2D eigenvalue weighted by Gasteiger charge is -2.40. The molecule has 0 unspecified atom stereocenters. The van der Waals surface area contributed by atoms with Gasteiger partial charge in [-0.2, -0.15) is 21.8 Å². The molecule has 7 heterocycles. The van der Waals surface area contributed by atoms with Crippen molar-refractivity contribution in [2.75, 3.05) is 74.7 Å². The van der Waals surface area contributed by atoms with Crippen molar-refractivity contribution in [2.45, 2.75) is 111 Å². The number of nitrogens with zero attached hydrogens (tertiary/aromatic N) is 7. The number of amides is 4. The van der Waals surface area contributed by atoms with Crippen LogP contribution in [0.25, 0.3) is 0 Å². The summed E-state index contributed by atoms with van der Waals surface area (Å²) >= 11 is 10.3. The molecule has 6 aromatic rings. The first-order valence-corrected chi connectivity index (χ1v) is 37.6. The van der Waals surface area contributed by atoms with E-state index in [0.717, 1.165) is 58.3 Å². The molecule has 512 valence electrons. The van der Waals surface area contributed by atoms with Crippen LogP contribution < -0.4 is 24.2 Å². The van der Waals surface area contributed by atoms with Gasteiger partial charge < -0.3 is 28.6 Å². The van der Waals surface area contributed by atoms with Crippen molar-refractivity contribution in [3.63, 3.8) is 0 Å². The number of hydrogen-bond acceptors (Lipinski definition) is 15. The van der Waals surface area contributed by atoms with E-state index in [2.05, 4.69) is 47.8 Å². The van der Waals surface area contributed by atoms with Crippen molar-refractivity contribution in [3.8, 4) is 11.5 Å². The Morgan fingerprint density at radius 1 is 0.510 bits per heavy atom. The Bertz CT molecular complexity index is 4290. The molecule has 0 saturated carbocycles. The van der Waals surface area contributed by atoms with Gasteiger partial charge in [0.2, 0.25) is 30.1 Å². The number of cyclic esters (lactones) is 3. The van der Waals surface area contributed by atoms with Gasteiger partial charge in [-0.25, -0.2) is 43.9 Å². The number of methoxy groups -OCH3 is 2. The summed E-state index contributed by atoms with van der Waals surface area (Å²) in [6, 6.07) is 34.9. The first kappa shape index (κ1) is 70.5. The van der Waals surface area contributed by atoms with Gasteiger partial charge in [0.1, 0.15) is 36.2 Å². The summed E-state index contributed by atoms with van der Waals surface area (Å²) in [6.45, 7) is 1.96. The van der Waals surface area contributed by atoms with Gasteiger partial charge >= 0.3 is 30.4 Å². The van der Waals surface area contributed by atoms with Crippen LogP contribution in [0.4, 0.5) is 44.6 Å². The summed E-state index contributed by atoms with van der Waals surface area (Å²) in [5.74, 6) is -1.23. The Morgan fingerprint density at radius 3 is 1.40 bits per heavy atom. The fourth-order valence-electron chi connectivity index (χ4n) is 12.9. The van der Waals surface area contributed by atoms with Gasteiger partial charge in [-0.3, -0.25) is 19.5 Å². The lowest BCUT2D eigenvalue weighted by Crippen LogP contribution is -2.50. The Hall–Kier alpha value is -6.84. The summed E-state index contributed by atoms with van der Waals surface area (Å²) < 4.78 is 151. The Morgan fingerprint density at radius 2 is 0.958 bits per heavy atom. The van der Waals surface area contributed by atoms with Gasteiger partial charge in [-0.1, -0.05) is 84.2 Å². The zero-order chi connectivity index (χ0) is 68.4. The highest BCUT2D eigenvalue weighted by atomic mass is 79.9. The molecule has 0 spiro atoms. The number of sulfonamides is 3. The van der Waals surface area contributed by atoms with Gasteiger partial charge in [0.25, 0.3) is 0 Å². The molecule has 0 atom stereocenters. The number of carbonyl (C=O) groups is 4. The molecule has 7 aliphatic rings. The van der Waals surface area contributed by atoms with Crippen LogP contribution in [0.3, 0.4) is 0 Å². The standard InChI is InChI=1S/C24H23BrF3N3O5S.C21H23BrN2O6S.C20H21BrN2O4S/c25-18-2-4-21-17(11-18)14-36-23(33)31(21)19-6-9-30(10-7-19)37(34,35)20-3-1-15-5-8-29(13-16(15)12-20)22(32)24(26,27)28;1-28-17-4-6-19(29-2)20(12-17)31(26,27)23-9-7-16(8-10-23)24-18-5-3-15(22)11-14(18)13-30-21(24)25;21-17-6-7-19-16(12-17)13-27-20(24)23(19)18-8-10-22(11-9-18)28(25,26)14-15-4-2-1-3-5-15/h1-4,11-12,19H,5-10,13-14H2;3-6,11-12,16H,7-10,13H2,1-2H3;1-7,12,18H,8-11,13-14H2. The predicted molar refractivity (Wildman–Crippen MR) is 359 cm³/mol. The molecule has 31 heteroatoms. The minimum atomic E-state index is -4.98. The molecule has 0 radical (unpaired) electrons. The first-order valence-electron chi connectivity index (χ1n) is 30.7. The molecule has 22 nitrogen and oxygen atoms in total. The van der Waals surface area contributed by atoms with E-state index >= 15 is 0 Å². The average Bonchev–Trinajstić information content (AvgIpc) is 0.786. The van der Waals surface area contributed by atoms with Crippen molar-refractivity contribution in [2.24, 2.45) is 0 Å². The third-order valence-electron chi connectivity index (χ3n) is 17.8. The van der Waals surface area contributed by atoms with Gasteiger partial charge in [0.05, 0.1) is 41.9 Å². The monoisotopic (exact) mass is 1580 g/mol. The van der Waals surface area contributed by atoms with Crippen molar-refractivity contribution in [1.82, 2.24) is 17.8 Å². The minimum Gasteiger partial charge on any atom is -0.497 e. The maximum Gasteiger partial charge on any atom is 0.471 e. The van der Waals surface area contributed by atoms with Crippen LogP contribution in [0.5, 0.6) is 11.5 Å². The molecule has 3 fully saturated rings. The maximum absolute atomic E-state index is 13.4. The first-order chi connectivity index (χ1) is 45.7. The van der Waals surface area contributed by atoms with E-state index in [0.29, 0.717) is 67.8 Å². The predicted octanol–water partition coefficient (Wildman–Crippen LogP) is 11.9. The van der Waals surface area contributed by atoms with Crippen LogP contribution in [0, 0.1) is 0 Å². The topological polar surface area (TPSA) is 240 Å². The number of halogens is 6. The second-order valence-electron chi connectivity index (χ2n) is 23.7. The third-order valence-corrected chi connectivity index (χ3v) is 25.0. The van der Waals surface area contributed by atoms with E-state index in [9.17, 15) is 57.6 Å². The van der Waals surface area contributed by atoms with Gasteiger partial charge in [0.15, 0.2) is 0 Å². The molecule has 3 saturated heterocycles. The molecular weight excluding hydrogens is 1510 g/mol. The fourth-order valence-corrected chi connectivity index (χ4v) is 18.9. The fraction of sp³-hybridized carbons (Fsp3) is 0.385. The summed E-state index contributed by atoms with van der Waals surface area (Å²) in [5.41, 5.74) is 7.03. The average molecular weight is 1580 g/mol. The number of carbonyl (C=O) groups excluding carboxylic acids is 4. The van der Waals surface area contributed by atoms with E-state index in [1.54, 1.807) is 32.9 Å². The van der Waals surface area contributed by atoms with Gasteiger partial charge in [-0.15, -0.1) is 0 Å². The second kappa shape index (κ2) is 29.3. The smallest absolute Gasteiger partial charge is 0.471 e. The third kappa shape index (κ3) is 15.4. The van der Waals surface area contributed by atoms with Crippen molar-refractivity contribution in [1.29, 1.82) is 0 Å². The number of fused-ring (bicyclic) bond motifs is 4. The van der Waals surface area contributed by atoms with Crippen molar-refractivity contribution in [3.05, 3.63) is 168 Å². The molecule has 6 aromatic carbocycles. The van der Waals surface area contributed by atoms with Crippen molar-refractivity contribution < 1.29 is 81.3 Å². The quantitative estimate of drug-likeness (QED) is 0.104. The Balaban J connectivity index is 0.000000148. The lowest BCUT2D eigenvalue weighted by atomic mass is 10.00. The number of rotatable bonds is 12. The number of anilines is 3. The lowest BCUT2D eigenvalue weighted by molar-refractivity contribution is -0.186. The largest absolute Gasteiger partial charge is 0.497 e. The maximum atomic E-state index is 13.4. The van der Waals surface area contributed by atoms with E-state index < -0.39 is 54.3 Å². The van der Waals surface area contributed by atoms with Gasteiger partial charge in [0, 0.05) is 107 Å². The van der Waals surface area contributed by atoms with Crippen LogP contribution >= 0.6 is 47.8 Å². The normalized spacial score (nSPS) is 18.6. The highest BCUT2D eigenvalue weighted by molar-refractivity contribution is 9.11. The van der Waals surface area contributed by atoms with Crippen LogP contribution in [0.15, 0.2) is 145 Å². The summed E-state index contributed by atoms with van der Waals surface area (Å²) in [5, 5.41) is 0. The highest BCUT2D eigenvalue weighted by Crippen LogP contribution is 2.40. The van der Waals surface area contributed by atoms with E-state index in [-0.39, 0.29) is 111 Å². The zero-order valence-electron chi connectivity index (χ0n) is 52.0. The Labute approximate surface area is 579 Å².